The number of likely N-dealkylation sites (tertiary alicyclic amines) is 1. The molecule has 0 aromatic heterocycles. The van der Waals surface area contributed by atoms with Crippen LogP contribution >= 0.6 is 0 Å². The molecule has 1 aliphatic heterocycles. The van der Waals surface area contributed by atoms with Gasteiger partial charge in [0.1, 0.15) is 5.60 Å². The molecule has 0 saturated carbocycles. The molecule has 1 fully saturated rings. The zero-order valence-electron chi connectivity index (χ0n) is 10.6. The minimum absolute atomic E-state index is 0.284. The fourth-order valence-electron chi connectivity index (χ4n) is 1.80. The van der Waals surface area contributed by atoms with Crippen molar-refractivity contribution in [3.8, 4) is 0 Å². The van der Waals surface area contributed by atoms with E-state index in [1.807, 2.05) is 0 Å². The number of rotatable bonds is 2. The summed E-state index contributed by atoms with van der Waals surface area (Å²) in [4.78, 5) is 35.0. The van der Waals surface area contributed by atoms with Crippen LogP contribution in [0.3, 0.4) is 0 Å². The summed E-state index contributed by atoms with van der Waals surface area (Å²) in [5, 5.41) is 0. The van der Waals surface area contributed by atoms with Gasteiger partial charge in [-0.25, -0.2) is 4.79 Å². The zero-order chi connectivity index (χ0) is 13.1. The topological polar surface area (TPSA) is 63.7 Å². The molecule has 0 spiro atoms. The summed E-state index contributed by atoms with van der Waals surface area (Å²) >= 11 is 0. The minimum atomic E-state index is -0.543. The van der Waals surface area contributed by atoms with Gasteiger partial charge in [0.05, 0.1) is 0 Å². The summed E-state index contributed by atoms with van der Waals surface area (Å²) < 4.78 is 5.23. The second-order valence-electron chi connectivity index (χ2n) is 5.29. The Morgan fingerprint density at radius 3 is 2.53 bits per heavy atom. The van der Waals surface area contributed by atoms with Crippen molar-refractivity contribution >= 4 is 18.2 Å². The highest BCUT2D eigenvalue weighted by molar-refractivity contribution is 6.26. The molecule has 1 atom stereocenters. The SMILES string of the molecule is CC(C)(C)OC(=O)N1CCC[C@@H](C(=O)C=O)C1. The van der Waals surface area contributed by atoms with Gasteiger partial charge < -0.3 is 9.64 Å². The zero-order valence-corrected chi connectivity index (χ0v) is 10.6. The molecule has 5 nitrogen and oxygen atoms in total. The van der Waals surface area contributed by atoms with Gasteiger partial charge in [0.2, 0.25) is 0 Å². The molecule has 96 valence electrons. The first kappa shape index (κ1) is 13.7. The number of hydrogen-bond donors (Lipinski definition) is 0. The molecule has 1 amide bonds. The molecule has 0 bridgehead atoms. The van der Waals surface area contributed by atoms with Gasteiger partial charge in [-0.05, 0) is 33.6 Å². The Labute approximate surface area is 101 Å². The highest BCUT2D eigenvalue weighted by Crippen LogP contribution is 2.19. The van der Waals surface area contributed by atoms with Gasteiger partial charge >= 0.3 is 6.09 Å². The van der Waals surface area contributed by atoms with E-state index in [4.69, 9.17) is 4.74 Å². The first-order chi connectivity index (χ1) is 7.83. The molecule has 0 unspecified atom stereocenters. The number of amides is 1. The Morgan fingerprint density at radius 2 is 2.00 bits per heavy atom. The lowest BCUT2D eigenvalue weighted by Crippen LogP contribution is -2.44. The van der Waals surface area contributed by atoms with Gasteiger partial charge in [-0.1, -0.05) is 0 Å². The van der Waals surface area contributed by atoms with Crippen LogP contribution in [0.5, 0.6) is 0 Å². The molecular weight excluding hydrogens is 222 g/mol. The van der Waals surface area contributed by atoms with E-state index >= 15 is 0 Å². The first-order valence-corrected chi connectivity index (χ1v) is 5.80. The maximum atomic E-state index is 11.8. The molecule has 1 rings (SSSR count). The molecule has 1 heterocycles. The molecule has 0 radical (unpaired) electrons. The van der Waals surface area contributed by atoms with Gasteiger partial charge in [-0.3, -0.25) is 9.59 Å². The summed E-state index contributed by atoms with van der Waals surface area (Å²) in [6.45, 7) is 6.25. The molecule has 17 heavy (non-hydrogen) atoms. The Hall–Kier alpha value is -1.39. The summed E-state index contributed by atoms with van der Waals surface area (Å²) in [5.74, 6) is -0.799. The van der Waals surface area contributed by atoms with Crippen LogP contribution in [0.2, 0.25) is 0 Å². The average Bonchev–Trinajstić information content (AvgIpc) is 2.26. The lowest BCUT2D eigenvalue weighted by Gasteiger charge is -2.32. The van der Waals surface area contributed by atoms with E-state index in [-0.39, 0.29) is 12.5 Å². The summed E-state index contributed by atoms with van der Waals surface area (Å²) in [7, 11) is 0. The first-order valence-electron chi connectivity index (χ1n) is 5.80. The summed E-state index contributed by atoms with van der Waals surface area (Å²) in [6, 6.07) is 0. The van der Waals surface area contributed by atoms with Crippen LogP contribution in [0.25, 0.3) is 0 Å². The molecule has 0 aromatic rings. The van der Waals surface area contributed by atoms with Crippen molar-refractivity contribution in [2.24, 2.45) is 5.92 Å². The molecule has 0 N–H and O–H groups in total. The number of nitrogens with zero attached hydrogens (tertiary/aromatic N) is 1. The van der Waals surface area contributed by atoms with E-state index in [1.54, 1.807) is 20.8 Å². The Morgan fingerprint density at radius 1 is 1.35 bits per heavy atom. The number of piperidine rings is 1. The van der Waals surface area contributed by atoms with Crippen molar-refractivity contribution in [3.05, 3.63) is 0 Å². The maximum absolute atomic E-state index is 11.8. The van der Waals surface area contributed by atoms with Crippen LogP contribution < -0.4 is 0 Å². The van der Waals surface area contributed by atoms with Gasteiger partial charge in [0.25, 0.3) is 0 Å². The fourth-order valence-corrected chi connectivity index (χ4v) is 1.80. The predicted molar refractivity (Wildman–Crippen MR) is 61.6 cm³/mol. The lowest BCUT2D eigenvalue weighted by atomic mass is 9.95. The number of aldehydes is 1. The molecule has 1 aliphatic rings. The normalized spacial score (nSPS) is 20.9. The second kappa shape index (κ2) is 5.29. The van der Waals surface area contributed by atoms with Crippen LogP contribution in [0.4, 0.5) is 4.79 Å². The quantitative estimate of drug-likeness (QED) is 0.541. The van der Waals surface area contributed by atoms with Gasteiger partial charge in [-0.2, -0.15) is 0 Å². The molecule has 0 aliphatic carbocycles. The fraction of sp³-hybridized carbons (Fsp3) is 0.750. The van der Waals surface area contributed by atoms with Crippen molar-refractivity contribution < 1.29 is 19.1 Å². The van der Waals surface area contributed by atoms with E-state index < -0.39 is 17.5 Å². The predicted octanol–water partition coefficient (Wildman–Crippen LogP) is 1.40. The van der Waals surface area contributed by atoms with E-state index in [1.165, 1.54) is 4.90 Å². The van der Waals surface area contributed by atoms with E-state index in [9.17, 15) is 14.4 Å². The third-order valence-electron chi connectivity index (χ3n) is 2.59. The number of ether oxygens (including phenoxy) is 1. The number of carbonyl (C=O) groups excluding carboxylic acids is 3. The molecule has 5 heteroatoms. The third kappa shape index (κ3) is 4.17. The number of hydrogen-bond acceptors (Lipinski definition) is 4. The Bertz CT molecular complexity index is 319. The van der Waals surface area contributed by atoms with Crippen molar-refractivity contribution in [2.75, 3.05) is 13.1 Å². The second-order valence-corrected chi connectivity index (χ2v) is 5.29. The van der Waals surface area contributed by atoms with E-state index in [2.05, 4.69) is 0 Å². The minimum Gasteiger partial charge on any atom is -0.444 e. The van der Waals surface area contributed by atoms with Crippen molar-refractivity contribution in [2.45, 2.75) is 39.2 Å². The lowest BCUT2D eigenvalue weighted by molar-refractivity contribution is -0.133. The number of ketones is 1. The molecule has 0 aromatic carbocycles. The van der Waals surface area contributed by atoms with Crippen molar-refractivity contribution in [3.63, 3.8) is 0 Å². The summed E-state index contributed by atoms with van der Waals surface area (Å²) in [5.41, 5.74) is -0.543. The molecular formula is C12H19NO4. The van der Waals surface area contributed by atoms with Crippen LogP contribution in [0.15, 0.2) is 0 Å². The monoisotopic (exact) mass is 241 g/mol. The van der Waals surface area contributed by atoms with Gasteiger partial charge in [-0.15, -0.1) is 0 Å². The maximum Gasteiger partial charge on any atom is 0.410 e. The highest BCUT2D eigenvalue weighted by Gasteiger charge is 2.30. The van der Waals surface area contributed by atoms with Crippen molar-refractivity contribution in [1.82, 2.24) is 4.90 Å². The Balaban J connectivity index is 2.57. The average molecular weight is 241 g/mol. The van der Waals surface area contributed by atoms with Crippen LogP contribution in [-0.4, -0.2) is 41.8 Å². The highest BCUT2D eigenvalue weighted by atomic mass is 16.6. The smallest absolute Gasteiger partial charge is 0.410 e. The van der Waals surface area contributed by atoms with Gasteiger partial charge in [0.15, 0.2) is 12.1 Å². The third-order valence-corrected chi connectivity index (χ3v) is 2.59. The standard InChI is InChI=1S/C12H19NO4/c1-12(2,3)17-11(16)13-6-4-5-9(7-13)10(15)8-14/h8-9H,4-7H2,1-3H3/t9-/m1/s1. The molecule has 1 saturated heterocycles. The van der Waals surface area contributed by atoms with Crippen molar-refractivity contribution in [1.29, 1.82) is 0 Å². The van der Waals surface area contributed by atoms with Crippen LogP contribution in [0, 0.1) is 5.92 Å². The van der Waals surface area contributed by atoms with Crippen LogP contribution in [-0.2, 0) is 14.3 Å². The number of carbonyl (C=O) groups is 3. The number of Topliss-reactive ketones (excluding diaryl/α,β-unsaturated/α-hetero) is 1. The Kier molecular flexibility index (Phi) is 4.26. The van der Waals surface area contributed by atoms with Crippen LogP contribution in [0.1, 0.15) is 33.6 Å². The van der Waals surface area contributed by atoms with E-state index in [0.717, 1.165) is 6.42 Å². The van der Waals surface area contributed by atoms with E-state index in [0.29, 0.717) is 19.3 Å². The largest absolute Gasteiger partial charge is 0.444 e. The van der Waals surface area contributed by atoms with Gasteiger partial charge in [0, 0.05) is 19.0 Å². The summed E-state index contributed by atoms with van der Waals surface area (Å²) in [6.07, 6.45) is 1.31.